The zero-order valence-electron chi connectivity index (χ0n) is 13.6. The number of hydrogen-bond acceptors (Lipinski definition) is 6. The van der Waals surface area contributed by atoms with Crippen molar-refractivity contribution in [2.75, 3.05) is 11.9 Å². The van der Waals surface area contributed by atoms with Gasteiger partial charge in [0.2, 0.25) is 5.95 Å². The summed E-state index contributed by atoms with van der Waals surface area (Å²) in [5.41, 5.74) is 1.32. The predicted molar refractivity (Wildman–Crippen MR) is 88.4 cm³/mol. The average molecular weight is 328 g/mol. The summed E-state index contributed by atoms with van der Waals surface area (Å²) in [7, 11) is 0. The van der Waals surface area contributed by atoms with Crippen LogP contribution in [-0.4, -0.2) is 32.4 Å². The number of hydrogen-bond donors (Lipinski definition) is 2. The molecule has 2 heterocycles. The second-order valence-corrected chi connectivity index (χ2v) is 5.45. The van der Waals surface area contributed by atoms with Crippen LogP contribution in [0.25, 0.3) is 0 Å². The summed E-state index contributed by atoms with van der Waals surface area (Å²) >= 11 is 0. The number of carbonyl (C=O) groups is 1. The molecule has 1 aliphatic rings. The van der Waals surface area contributed by atoms with Crippen molar-refractivity contribution in [2.24, 2.45) is 5.92 Å². The van der Waals surface area contributed by atoms with E-state index in [1.54, 1.807) is 29.8 Å². The van der Waals surface area contributed by atoms with Gasteiger partial charge in [0.15, 0.2) is 0 Å². The Labute approximate surface area is 140 Å². The third-order valence-corrected chi connectivity index (χ3v) is 3.96. The molecule has 0 bridgehead atoms. The smallest absolute Gasteiger partial charge is 0.317 e. The minimum absolute atomic E-state index is 0.107. The van der Waals surface area contributed by atoms with Crippen LogP contribution in [0.4, 0.5) is 5.95 Å². The lowest BCUT2D eigenvalue weighted by atomic mass is 9.87. The lowest BCUT2D eigenvalue weighted by Crippen LogP contribution is -2.38. The first-order chi connectivity index (χ1) is 11.7. The number of aromatic hydroxyl groups is 1. The van der Waals surface area contributed by atoms with Gasteiger partial charge in [-0.15, -0.1) is 0 Å². The quantitative estimate of drug-likeness (QED) is 0.838. The number of phenols is 1. The molecule has 1 aliphatic heterocycles. The molecule has 7 nitrogen and oxygen atoms in total. The molecule has 7 heteroatoms. The summed E-state index contributed by atoms with van der Waals surface area (Å²) in [6.07, 6.45) is 4.11. The summed E-state index contributed by atoms with van der Waals surface area (Å²) in [6.45, 7) is 4.05. The fraction of sp³-hybridized carbons (Fsp3) is 0.353. The summed E-state index contributed by atoms with van der Waals surface area (Å²) in [5.74, 6) is -0.356. The number of anilines is 1. The molecule has 2 N–H and O–H groups in total. The highest BCUT2D eigenvalue weighted by atomic mass is 16.5. The molecule has 0 saturated heterocycles. The minimum atomic E-state index is -0.632. The van der Waals surface area contributed by atoms with Gasteiger partial charge in [0.25, 0.3) is 0 Å². The molecule has 1 aromatic heterocycles. The second-order valence-electron chi connectivity index (χ2n) is 5.45. The topological polar surface area (TPSA) is 89.3 Å². The highest BCUT2D eigenvalue weighted by Crippen LogP contribution is 2.41. The highest BCUT2D eigenvalue weighted by Gasteiger charge is 2.42. The molecule has 24 heavy (non-hydrogen) atoms. The molecule has 2 aromatic rings. The Bertz CT molecular complexity index is 769. The largest absolute Gasteiger partial charge is 0.508 e. The maximum atomic E-state index is 12.7. The van der Waals surface area contributed by atoms with E-state index < -0.39 is 12.0 Å². The highest BCUT2D eigenvalue weighted by molar-refractivity contribution is 5.79. The lowest BCUT2D eigenvalue weighted by Gasteiger charge is -2.34. The molecule has 0 fully saturated rings. The normalized spacial score (nSPS) is 21.2. The monoisotopic (exact) mass is 328 g/mol. The third-order valence-electron chi connectivity index (χ3n) is 3.96. The molecule has 0 saturated carbocycles. The zero-order valence-corrected chi connectivity index (χ0v) is 13.6. The number of carbonyl (C=O) groups excluding carboxylic acids is 1. The number of esters is 1. The van der Waals surface area contributed by atoms with E-state index in [1.807, 2.05) is 19.1 Å². The van der Waals surface area contributed by atoms with Crippen LogP contribution in [0.5, 0.6) is 5.75 Å². The van der Waals surface area contributed by atoms with E-state index in [-0.39, 0.29) is 18.3 Å². The van der Waals surface area contributed by atoms with E-state index in [2.05, 4.69) is 15.4 Å². The van der Waals surface area contributed by atoms with E-state index in [9.17, 15) is 9.90 Å². The van der Waals surface area contributed by atoms with Gasteiger partial charge in [-0.2, -0.15) is 10.1 Å². The van der Waals surface area contributed by atoms with Gasteiger partial charge in [-0.3, -0.25) is 4.79 Å². The van der Waals surface area contributed by atoms with Crippen molar-refractivity contribution in [3.8, 4) is 5.75 Å². The van der Waals surface area contributed by atoms with Crippen molar-refractivity contribution in [3.63, 3.8) is 0 Å². The van der Waals surface area contributed by atoms with Crippen molar-refractivity contribution in [1.82, 2.24) is 14.8 Å². The Morgan fingerprint density at radius 1 is 1.42 bits per heavy atom. The van der Waals surface area contributed by atoms with E-state index in [0.717, 1.165) is 6.42 Å². The van der Waals surface area contributed by atoms with Gasteiger partial charge >= 0.3 is 5.97 Å². The number of aromatic nitrogens is 3. The molecule has 2 atom stereocenters. The van der Waals surface area contributed by atoms with Crippen LogP contribution in [-0.2, 0) is 9.53 Å². The third kappa shape index (κ3) is 2.73. The van der Waals surface area contributed by atoms with Crippen LogP contribution < -0.4 is 5.32 Å². The van der Waals surface area contributed by atoms with Gasteiger partial charge in [-0.05, 0) is 19.4 Å². The zero-order chi connectivity index (χ0) is 17.1. The van der Waals surface area contributed by atoms with Crippen LogP contribution >= 0.6 is 0 Å². The molecular formula is C17H20N4O3. The number of phenolic OH excluding ortho intramolecular Hbond substituents is 1. The Balaban J connectivity index is 2.18. The summed E-state index contributed by atoms with van der Waals surface area (Å²) in [4.78, 5) is 16.9. The molecule has 0 radical (unpaired) electrons. The first-order valence-electron chi connectivity index (χ1n) is 7.98. The minimum Gasteiger partial charge on any atom is -0.508 e. The van der Waals surface area contributed by atoms with E-state index in [0.29, 0.717) is 17.2 Å². The van der Waals surface area contributed by atoms with Crippen LogP contribution in [0.1, 0.15) is 31.9 Å². The van der Waals surface area contributed by atoms with Crippen LogP contribution in [0.3, 0.4) is 0 Å². The fourth-order valence-corrected chi connectivity index (χ4v) is 3.00. The van der Waals surface area contributed by atoms with Crippen molar-refractivity contribution in [1.29, 1.82) is 0 Å². The lowest BCUT2D eigenvalue weighted by molar-refractivity contribution is -0.147. The number of para-hydroxylation sites is 1. The van der Waals surface area contributed by atoms with Crippen LogP contribution in [0, 0.1) is 5.92 Å². The first-order valence-corrected chi connectivity index (χ1v) is 7.98. The van der Waals surface area contributed by atoms with Gasteiger partial charge in [-0.1, -0.05) is 31.2 Å². The van der Waals surface area contributed by atoms with Crippen molar-refractivity contribution in [3.05, 3.63) is 47.9 Å². The molecule has 0 aliphatic carbocycles. The summed E-state index contributed by atoms with van der Waals surface area (Å²) in [6, 6.07) is 6.41. The molecule has 0 amide bonds. The van der Waals surface area contributed by atoms with Gasteiger partial charge < -0.3 is 15.2 Å². The Morgan fingerprint density at radius 2 is 2.21 bits per heavy atom. The van der Waals surface area contributed by atoms with Crippen LogP contribution in [0.15, 0.2) is 42.4 Å². The SMILES string of the molecule is CC/C=C1\Nc2ncnn2[C@@H](c2ccccc2O)[C@@H]1C(=O)OCC. The number of ether oxygens (including phenoxy) is 1. The number of nitrogens with one attached hydrogen (secondary N) is 1. The average Bonchev–Trinajstić information content (AvgIpc) is 3.03. The molecular weight excluding hydrogens is 308 g/mol. The summed E-state index contributed by atoms with van der Waals surface area (Å²) in [5, 5.41) is 17.7. The van der Waals surface area contributed by atoms with Gasteiger partial charge in [0, 0.05) is 11.3 Å². The molecule has 0 unspecified atom stereocenters. The van der Waals surface area contributed by atoms with Crippen LogP contribution in [0.2, 0.25) is 0 Å². The van der Waals surface area contributed by atoms with Crippen molar-refractivity contribution < 1.29 is 14.6 Å². The number of benzene rings is 1. The summed E-state index contributed by atoms with van der Waals surface area (Å²) < 4.78 is 6.89. The number of fused-ring (bicyclic) bond motifs is 1. The maximum absolute atomic E-state index is 12.7. The van der Waals surface area contributed by atoms with Gasteiger partial charge in [-0.25, -0.2) is 4.68 Å². The Hall–Kier alpha value is -2.83. The predicted octanol–water partition coefficient (Wildman–Crippen LogP) is 2.47. The van der Waals surface area contributed by atoms with Gasteiger partial charge in [0.05, 0.1) is 6.61 Å². The van der Waals surface area contributed by atoms with E-state index in [1.165, 1.54) is 6.33 Å². The number of allylic oxidation sites excluding steroid dienone is 1. The second kappa shape index (κ2) is 6.74. The van der Waals surface area contributed by atoms with E-state index in [4.69, 9.17) is 4.74 Å². The Morgan fingerprint density at radius 3 is 2.92 bits per heavy atom. The molecule has 1 aromatic carbocycles. The fourth-order valence-electron chi connectivity index (χ4n) is 3.00. The number of rotatable bonds is 4. The van der Waals surface area contributed by atoms with E-state index >= 15 is 0 Å². The molecule has 0 spiro atoms. The standard InChI is InChI=1S/C17H20N4O3/c1-3-7-12-14(16(23)24-4-2)15(11-8-5-6-9-13(11)22)21-17(20-12)18-10-19-21/h5-10,14-15,22H,3-4H2,1-2H3,(H,18,19,20)/b12-7-/t14-,15+/m1/s1. The van der Waals surface area contributed by atoms with Gasteiger partial charge in [0.1, 0.15) is 24.0 Å². The first kappa shape index (κ1) is 16.0. The molecule has 3 rings (SSSR count). The van der Waals surface area contributed by atoms with Crippen molar-refractivity contribution >= 4 is 11.9 Å². The maximum Gasteiger partial charge on any atom is 0.317 e. The Kier molecular flexibility index (Phi) is 4.50. The molecule has 126 valence electrons. The van der Waals surface area contributed by atoms with Crippen molar-refractivity contribution in [2.45, 2.75) is 26.3 Å². The number of nitrogens with zero attached hydrogens (tertiary/aromatic N) is 3.